The quantitative estimate of drug-likeness (QED) is 0.642. The van der Waals surface area contributed by atoms with Crippen LogP contribution in [0.5, 0.6) is 0 Å². The maximum absolute atomic E-state index is 5.99. The molecule has 0 unspecified atom stereocenters. The van der Waals surface area contributed by atoms with Crippen LogP contribution in [-0.4, -0.2) is 9.55 Å². The van der Waals surface area contributed by atoms with E-state index in [1.54, 1.807) is 0 Å². The van der Waals surface area contributed by atoms with Gasteiger partial charge in [0.2, 0.25) is 0 Å². The Labute approximate surface area is 127 Å². The van der Waals surface area contributed by atoms with Crippen molar-refractivity contribution in [2.75, 3.05) is 5.73 Å². The first-order valence-electron chi connectivity index (χ1n) is 7.49. The van der Waals surface area contributed by atoms with Crippen LogP contribution < -0.4 is 5.73 Å². The molecule has 0 aliphatic heterocycles. The zero-order valence-electron chi connectivity index (χ0n) is 13.5. The molecule has 2 rings (SSSR count). The predicted molar refractivity (Wildman–Crippen MR) is 91.3 cm³/mol. The molecule has 2 aromatic rings. The average Bonchev–Trinajstić information content (AvgIpc) is 2.73. The lowest BCUT2D eigenvalue weighted by Gasteiger charge is -2.05. The highest BCUT2D eigenvalue weighted by molar-refractivity contribution is 5.87. The molecule has 1 aromatic heterocycles. The van der Waals surface area contributed by atoms with E-state index in [0.717, 1.165) is 41.9 Å². The van der Waals surface area contributed by atoms with E-state index in [4.69, 9.17) is 5.73 Å². The van der Waals surface area contributed by atoms with Gasteiger partial charge in [0.05, 0.1) is 11.2 Å². The van der Waals surface area contributed by atoms with Crippen LogP contribution in [0.2, 0.25) is 0 Å². The topological polar surface area (TPSA) is 43.8 Å². The molecule has 21 heavy (non-hydrogen) atoms. The van der Waals surface area contributed by atoms with Crippen molar-refractivity contribution in [3.05, 3.63) is 47.3 Å². The lowest BCUT2D eigenvalue weighted by Crippen LogP contribution is -1.98. The second kappa shape index (κ2) is 6.61. The van der Waals surface area contributed by atoms with Crippen molar-refractivity contribution >= 4 is 16.7 Å². The second-order valence-electron chi connectivity index (χ2n) is 5.86. The normalized spacial score (nSPS) is 11.9. The fraction of sp³-hybridized carbons (Fsp3) is 0.389. The summed E-state index contributed by atoms with van der Waals surface area (Å²) in [6.07, 6.45) is 6.80. The molecule has 0 amide bonds. The molecule has 0 radical (unpaired) electrons. The molecule has 1 aromatic carbocycles. The number of para-hydroxylation sites is 1. The smallest absolute Gasteiger partial charge is 0.112 e. The van der Waals surface area contributed by atoms with Gasteiger partial charge in [-0.05, 0) is 52.7 Å². The van der Waals surface area contributed by atoms with Crippen molar-refractivity contribution in [3.8, 4) is 0 Å². The number of anilines is 1. The number of hydrogen-bond acceptors (Lipinski definition) is 2. The number of hydrogen-bond donors (Lipinski definition) is 1. The van der Waals surface area contributed by atoms with Gasteiger partial charge in [-0.3, -0.25) is 0 Å². The number of fused-ring (bicyclic) bond motifs is 1. The van der Waals surface area contributed by atoms with E-state index in [-0.39, 0.29) is 0 Å². The van der Waals surface area contributed by atoms with Crippen LogP contribution in [-0.2, 0) is 6.54 Å². The van der Waals surface area contributed by atoms with Crippen LogP contribution in [0.25, 0.3) is 11.0 Å². The molecule has 3 heteroatoms. The number of nitrogens with zero attached hydrogens (tertiary/aromatic N) is 2. The van der Waals surface area contributed by atoms with Crippen molar-refractivity contribution < 1.29 is 0 Å². The maximum Gasteiger partial charge on any atom is 0.112 e. The molecule has 0 saturated carbocycles. The van der Waals surface area contributed by atoms with Gasteiger partial charge in [0.15, 0.2) is 0 Å². The number of imidazole rings is 1. The summed E-state index contributed by atoms with van der Waals surface area (Å²) in [7, 11) is 0. The lowest BCUT2D eigenvalue weighted by molar-refractivity contribution is 0.794. The first-order valence-corrected chi connectivity index (χ1v) is 7.49. The van der Waals surface area contributed by atoms with Gasteiger partial charge in [-0.1, -0.05) is 29.4 Å². The van der Waals surface area contributed by atoms with Crippen LogP contribution in [0.4, 0.5) is 5.69 Å². The summed E-state index contributed by atoms with van der Waals surface area (Å²) in [5.74, 6) is 1.01. The summed E-state index contributed by atoms with van der Waals surface area (Å²) in [5, 5.41) is 0. The minimum atomic E-state index is 0.749. The molecule has 0 spiro atoms. The third kappa shape index (κ3) is 3.75. The Bertz CT molecular complexity index is 686. The Morgan fingerprint density at radius 1 is 1.24 bits per heavy atom. The van der Waals surface area contributed by atoms with Gasteiger partial charge in [-0.2, -0.15) is 0 Å². The number of benzene rings is 1. The zero-order chi connectivity index (χ0) is 15.4. The van der Waals surface area contributed by atoms with Gasteiger partial charge in [0.25, 0.3) is 0 Å². The van der Waals surface area contributed by atoms with E-state index in [2.05, 4.69) is 48.5 Å². The summed E-state index contributed by atoms with van der Waals surface area (Å²) in [4.78, 5) is 4.58. The molecule has 0 atom stereocenters. The van der Waals surface area contributed by atoms with Gasteiger partial charge >= 0.3 is 0 Å². The van der Waals surface area contributed by atoms with Gasteiger partial charge < -0.3 is 10.3 Å². The monoisotopic (exact) mass is 283 g/mol. The fourth-order valence-electron chi connectivity index (χ4n) is 2.45. The molecule has 3 nitrogen and oxygen atoms in total. The molecule has 2 N–H and O–H groups in total. The molecule has 0 fully saturated rings. The van der Waals surface area contributed by atoms with Crippen LogP contribution in [0.3, 0.4) is 0 Å². The molecule has 0 aliphatic rings. The maximum atomic E-state index is 5.99. The Hall–Kier alpha value is -2.03. The Morgan fingerprint density at radius 3 is 2.71 bits per heavy atom. The zero-order valence-corrected chi connectivity index (χ0v) is 13.5. The molecular weight excluding hydrogens is 258 g/mol. The van der Waals surface area contributed by atoms with Crippen molar-refractivity contribution in [3.63, 3.8) is 0 Å². The highest BCUT2D eigenvalue weighted by Crippen LogP contribution is 2.21. The van der Waals surface area contributed by atoms with E-state index >= 15 is 0 Å². The van der Waals surface area contributed by atoms with E-state index in [0.29, 0.717) is 0 Å². The second-order valence-corrected chi connectivity index (χ2v) is 5.86. The van der Waals surface area contributed by atoms with E-state index in [9.17, 15) is 0 Å². The SMILES string of the molecule is CC(C)=CCCC(C)=CCn1c(C)nc2c(N)cccc21. The number of allylic oxidation sites excluding steroid dienone is 4. The summed E-state index contributed by atoms with van der Waals surface area (Å²) >= 11 is 0. The third-order valence-corrected chi connectivity index (χ3v) is 3.71. The average molecular weight is 283 g/mol. The van der Waals surface area contributed by atoms with Crippen LogP contribution in [0, 0.1) is 6.92 Å². The molecule has 0 saturated heterocycles. The number of rotatable bonds is 5. The summed E-state index contributed by atoms with van der Waals surface area (Å²) < 4.78 is 2.22. The molecule has 112 valence electrons. The molecule has 0 bridgehead atoms. The number of aromatic nitrogens is 2. The van der Waals surface area contributed by atoms with Crippen LogP contribution in [0.1, 0.15) is 39.4 Å². The lowest BCUT2D eigenvalue weighted by atomic mass is 10.1. The highest BCUT2D eigenvalue weighted by atomic mass is 15.1. The molecular formula is C18H25N3. The largest absolute Gasteiger partial charge is 0.397 e. The van der Waals surface area contributed by atoms with Crippen molar-refractivity contribution in [2.45, 2.75) is 47.1 Å². The van der Waals surface area contributed by atoms with Crippen LogP contribution >= 0.6 is 0 Å². The first kappa shape index (κ1) is 15.4. The molecule has 1 heterocycles. The van der Waals surface area contributed by atoms with Gasteiger partial charge in [0.1, 0.15) is 11.3 Å². The molecule has 0 aliphatic carbocycles. The number of nitrogens with two attached hydrogens (primary N) is 1. The third-order valence-electron chi connectivity index (χ3n) is 3.71. The standard InChI is InChI=1S/C18H25N3/c1-13(2)7-5-8-14(3)11-12-21-15(4)20-18-16(19)9-6-10-17(18)21/h6-7,9-11H,5,8,12,19H2,1-4H3. The van der Waals surface area contributed by atoms with Gasteiger partial charge in [0, 0.05) is 6.54 Å². The summed E-state index contributed by atoms with van der Waals surface area (Å²) in [6.45, 7) is 9.37. The minimum absolute atomic E-state index is 0.749. The van der Waals surface area contributed by atoms with Crippen molar-refractivity contribution in [2.24, 2.45) is 0 Å². The Kier molecular flexibility index (Phi) is 4.84. The summed E-state index contributed by atoms with van der Waals surface area (Å²) in [6, 6.07) is 5.97. The predicted octanol–water partition coefficient (Wildman–Crippen LogP) is 4.62. The Balaban J connectivity index is 2.15. The van der Waals surface area contributed by atoms with Crippen LogP contribution in [0.15, 0.2) is 41.5 Å². The first-order chi connectivity index (χ1) is 9.99. The van der Waals surface area contributed by atoms with E-state index < -0.39 is 0 Å². The number of aryl methyl sites for hydroxylation is 1. The fourth-order valence-corrected chi connectivity index (χ4v) is 2.45. The van der Waals surface area contributed by atoms with E-state index in [1.165, 1.54) is 11.1 Å². The number of nitrogen functional groups attached to an aromatic ring is 1. The van der Waals surface area contributed by atoms with Gasteiger partial charge in [-0.15, -0.1) is 0 Å². The van der Waals surface area contributed by atoms with Crippen molar-refractivity contribution in [1.82, 2.24) is 9.55 Å². The Morgan fingerprint density at radius 2 is 2.00 bits per heavy atom. The summed E-state index contributed by atoms with van der Waals surface area (Å²) in [5.41, 5.74) is 11.6. The van der Waals surface area contributed by atoms with Gasteiger partial charge in [-0.25, -0.2) is 4.98 Å². The van der Waals surface area contributed by atoms with E-state index in [1.807, 2.05) is 19.1 Å². The highest BCUT2D eigenvalue weighted by Gasteiger charge is 2.08. The minimum Gasteiger partial charge on any atom is -0.397 e. The van der Waals surface area contributed by atoms with Crippen molar-refractivity contribution in [1.29, 1.82) is 0 Å².